The van der Waals surface area contributed by atoms with Crippen molar-refractivity contribution in [2.75, 3.05) is 19.7 Å². The smallest absolute Gasteiger partial charge is 0.255 e. The van der Waals surface area contributed by atoms with Crippen LogP contribution in [0.2, 0.25) is 0 Å². The molecule has 1 fully saturated rings. The molecular weight excluding hydrogens is 254 g/mol. The minimum Gasteiger partial charge on any atom is -0.390 e. The molecule has 0 aliphatic carbocycles. The number of carbonyl (C=O) groups is 1. The fourth-order valence-corrected chi connectivity index (χ4v) is 2.28. The van der Waals surface area contributed by atoms with E-state index in [-0.39, 0.29) is 12.5 Å². The number of hydrogen-bond donors (Lipinski definition) is 2. The van der Waals surface area contributed by atoms with Gasteiger partial charge in [0, 0.05) is 18.7 Å². The summed E-state index contributed by atoms with van der Waals surface area (Å²) in [6.45, 7) is 2.67. The average Bonchev–Trinajstić information content (AvgIpc) is 2.45. The maximum atomic E-state index is 12.5. The molecular formula is C16H19NO3. The zero-order valence-electron chi connectivity index (χ0n) is 11.6. The van der Waals surface area contributed by atoms with Gasteiger partial charge in [0.05, 0.1) is 11.2 Å². The van der Waals surface area contributed by atoms with Crippen molar-refractivity contribution in [2.45, 2.75) is 25.4 Å². The van der Waals surface area contributed by atoms with Crippen molar-refractivity contribution in [3.8, 4) is 11.8 Å². The summed E-state index contributed by atoms with van der Waals surface area (Å²) in [5, 5.41) is 18.7. The van der Waals surface area contributed by atoms with Crippen molar-refractivity contribution >= 4 is 5.91 Å². The van der Waals surface area contributed by atoms with Crippen LogP contribution in [-0.4, -0.2) is 46.3 Å². The number of carbonyl (C=O) groups excluding carboxylic acids is 1. The van der Waals surface area contributed by atoms with E-state index in [1.165, 1.54) is 0 Å². The minimum atomic E-state index is -0.674. The highest BCUT2D eigenvalue weighted by molar-refractivity contribution is 5.96. The number of rotatable bonds is 1. The predicted molar refractivity (Wildman–Crippen MR) is 76.2 cm³/mol. The number of hydrogen-bond acceptors (Lipinski definition) is 3. The Balaban J connectivity index is 2.18. The molecule has 2 N–H and O–H groups in total. The van der Waals surface area contributed by atoms with E-state index in [0.717, 1.165) is 0 Å². The molecule has 0 radical (unpaired) electrons. The molecule has 1 aliphatic rings. The zero-order chi connectivity index (χ0) is 14.6. The fourth-order valence-electron chi connectivity index (χ4n) is 2.28. The first kappa shape index (κ1) is 14.6. The third-order valence-corrected chi connectivity index (χ3v) is 3.59. The van der Waals surface area contributed by atoms with Gasteiger partial charge in [0.2, 0.25) is 0 Å². The molecule has 20 heavy (non-hydrogen) atoms. The fraction of sp³-hybridized carbons (Fsp3) is 0.438. The highest BCUT2D eigenvalue weighted by Crippen LogP contribution is 2.23. The van der Waals surface area contributed by atoms with Crippen LogP contribution >= 0.6 is 0 Å². The molecule has 1 saturated heterocycles. The first-order valence-electron chi connectivity index (χ1n) is 6.74. The molecule has 0 spiro atoms. The van der Waals surface area contributed by atoms with Crippen LogP contribution in [0.25, 0.3) is 0 Å². The second-order valence-electron chi connectivity index (χ2n) is 5.29. The lowest BCUT2D eigenvalue weighted by molar-refractivity contribution is -0.00203. The summed E-state index contributed by atoms with van der Waals surface area (Å²) in [5.74, 6) is 5.31. The number of aliphatic hydroxyl groups excluding tert-OH is 1. The van der Waals surface area contributed by atoms with E-state index in [1.807, 2.05) is 6.07 Å². The molecule has 1 aliphatic heterocycles. The normalized spacial score (nSPS) is 17.2. The second kappa shape index (κ2) is 6.08. The van der Waals surface area contributed by atoms with Crippen LogP contribution < -0.4 is 0 Å². The topological polar surface area (TPSA) is 60.8 Å². The Kier molecular flexibility index (Phi) is 4.43. The summed E-state index contributed by atoms with van der Waals surface area (Å²) < 4.78 is 0. The molecule has 1 amide bonds. The Bertz CT molecular complexity index is 544. The Morgan fingerprint density at radius 3 is 2.65 bits per heavy atom. The van der Waals surface area contributed by atoms with Crippen LogP contribution in [0.4, 0.5) is 0 Å². The summed E-state index contributed by atoms with van der Waals surface area (Å²) in [5.41, 5.74) is 0.506. The summed E-state index contributed by atoms with van der Waals surface area (Å²) in [4.78, 5) is 14.3. The molecule has 1 aromatic carbocycles. The molecule has 0 saturated carbocycles. The molecule has 1 heterocycles. The molecule has 0 atom stereocenters. The van der Waals surface area contributed by atoms with Crippen molar-refractivity contribution in [3.63, 3.8) is 0 Å². The highest BCUT2D eigenvalue weighted by atomic mass is 16.3. The number of likely N-dealkylation sites (tertiary alicyclic amines) is 1. The molecule has 4 nitrogen and oxygen atoms in total. The van der Waals surface area contributed by atoms with Gasteiger partial charge in [-0.05, 0) is 31.9 Å². The largest absolute Gasteiger partial charge is 0.390 e. The van der Waals surface area contributed by atoms with Crippen molar-refractivity contribution in [3.05, 3.63) is 35.4 Å². The first-order chi connectivity index (χ1) is 9.53. The number of benzene rings is 1. The first-order valence-corrected chi connectivity index (χ1v) is 6.74. The Morgan fingerprint density at radius 2 is 2.00 bits per heavy atom. The molecule has 106 valence electrons. The van der Waals surface area contributed by atoms with Crippen LogP contribution in [0.3, 0.4) is 0 Å². The van der Waals surface area contributed by atoms with Crippen molar-refractivity contribution in [2.24, 2.45) is 0 Å². The molecule has 4 heteroatoms. The van der Waals surface area contributed by atoms with Gasteiger partial charge in [-0.25, -0.2) is 0 Å². The van der Waals surface area contributed by atoms with Gasteiger partial charge in [0.15, 0.2) is 0 Å². The van der Waals surface area contributed by atoms with E-state index >= 15 is 0 Å². The van der Waals surface area contributed by atoms with Gasteiger partial charge in [0.1, 0.15) is 6.61 Å². The lowest BCUT2D eigenvalue weighted by atomic mass is 9.93. The van der Waals surface area contributed by atoms with Crippen LogP contribution in [0.1, 0.15) is 35.7 Å². The van der Waals surface area contributed by atoms with Gasteiger partial charge < -0.3 is 15.1 Å². The summed E-state index contributed by atoms with van der Waals surface area (Å²) in [6, 6.07) is 7.14. The van der Waals surface area contributed by atoms with Crippen LogP contribution in [0.5, 0.6) is 0 Å². The van der Waals surface area contributed by atoms with Gasteiger partial charge in [-0.15, -0.1) is 0 Å². The number of amides is 1. The molecule has 0 bridgehead atoms. The SMILES string of the molecule is CC1(O)CCN(C(=O)c2ccccc2C#CCO)CC1. The number of piperidine rings is 1. The van der Waals surface area contributed by atoms with Crippen molar-refractivity contribution in [1.29, 1.82) is 0 Å². The van der Waals surface area contributed by atoms with E-state index in [0.29, 0.717) is 37.1 Å². The van der Waals surface area contributed by atoms with E-state index in [9.17, 15) is 9.90 Å². The van der Waals surface area contributed by atoms with E-state index in [2.05, 4.69) is 11.8 Å². The molecule has 1 aromatic rings. The second-order valence-corrected chi connectivity index (χ2v) is 5.29. The van der Waals surface area contributed by atoms with E-state index in [4.69, 9.17) is 5.11 Å². The van der Waals surface area contributed by atoms with Gasteiger partial charge >= 0.3 is 0 Å². The maximum absolute atomic E-state index is 12.5. The van der Waals surface area contributed by atoms with Crippen molar-refractivity contribution < 1.29 is 15.0 Å². The Hall–Kier alpha value is -1.83. The van der Waals surface area contributed by atoms with Crippen LogP contribution in [0.15, 0.2) is 24.3 Å². The van der Waals surface area contributed by atoms with Gasteiger partial charge in [-0.2, -0.15) is 0 Å². The third-order valence-electron chi connectivity index (χ3n) is 3.59. The summed E-state index contributed by atoms with van der Waals surface area (Å²) in [6.07, 6.45) is 1.17. The average molecular weight is 273 g/mol. The van der Waals surface area contributed by atoms with Gasteiger partial charge in [0.25, 0.3) is 5.91 Å². The van der Waals surface area contributed by atoms with Crippen LogP contribution in [-0.2, 0) is 0 Å². The maximum Gasteiger partial charge on any atom is 0.255 e. The predicted octanol–water partition coefficient (Wildman–Crippen LogP) is 1.02. The zero-order valence-corrected chi connectivity index (χ0v) is 11.6. The van der Waals surface area contributed by atoms with Gasteiger partial charge in [-0.1, -0.05) is 24.0 Å². The Morgan fingerprint density at radius 1 is 1.35 bits per heavy atom. The van der Waals surface area contributed by atoms with Crippen molar-refractivity contribution in [1.82, 2.24) is 4.90 Å². The Labute approximate surface area is 119 Å². The number of aliphatic hydroxyl groups is 2. The standard InChI is InChI=1S/C16H19NO3/c1-16(20)8-10-17(11-9-16)15(19)14-7-3-2-5-13(14)6-4-12-18/h2-3,5,7,18,20H,8-12H2,1H3. The molecule has 0 unspecified atom stereocenters. The number of nitrogens with zero attached hydrogens (tertiary/aromatic N) is 1. The highest BCUT2D eigenvalue weighted by Gasteiger charge is 2.30. The lowest BCUT2D eigenvalue weighted by Crippen LogP contribution is -2.45. The molecule has 0 aromatic heterocycles. The van der Waals surface area contributed by atoms with E-state index in [1.54, 1.807) is 30.0 Å². The third kappa shape index (κ3) is 3.38. The monoisotopic (exact) mass is 273 g/mol. The quantitative estimate of drug-likeness (QED) is 0.751. The minimum absolute atomic E-state index is 0.0664. The lowest BCUT2D eigenvalue weighted by Gasteiger charge is -2.35. The van der Waals surface area contributed by atoms with Crippen LogP contribution in [0, 0.1) is 11.8 Å². The molecule has 2 rings (SSSR count). The summed E-state index contributed by atoms with van der Waals surface area (Å²) in [7, 11) is 0. The van der Waals surface area contributed by atoms with E-state index < -0.39 is 5.60 Å². The summed E-state index contributed by atoms with van der Waals surface area (Å²) >= 11 is 0. The van der Waals surface area contributed by atoms with Gasteiger partial charge in [-0.3, -0.25) is 4.79 Å².